The van der Waals surface area contributed by atoms with Crippen molar-refractivity contribution in [2.45, 2.75) is 47.5 Å². The summed E-state index contributed by atoms with van der Waals surface area (Å²) >= 11 is 9.77. The maximum Gasteiger partial charge on any atom is 0.582 e. The largest absolute Gasteiger partial charge is 0.582 e. The topological polar surface area (TPSA) is 254 Å². The number of ether oxygens (including phenoxy) is 1. The summed E-state index contributed by atoms with van der Waals surface area (Å²) in [6.45, 7) is -5.35. The first-order valence-electron chi connectivity index (χ1n) is 12.7. The van der Waals surface area contributed by atoms with Gasteiger partial charge >= 0.3 is 13.9 Å². The Morgan fingerprint density at radius 2 is 1.89 bits per heavy atom. The van der Waals surface area contributed by atoms with Crippen LogP contribution >= 0.6 is 38.0 Å². The summed E-state index contributed by atoms with van der Waals surface area (Å²) in [5.74, 6) is -0.170. The number of aliphatic hydroxyl groups excluding tert-OH is 1. The van der Waals surface area contributed by atoms with Crippen molar-refractivity contribution in [1.29, 1.82) is 0 Å². The third-order valence-electron chi connectivity index (χ3n) is 6.95. The molecule has 4 aromatic heterocycles. The summed E-state index contributed by atoms with van der Waals surface area (Å²) in [6.07, 6.45) is -6.31. The van der Waals surface area contributed by atoms with Gasteiger partial charge in [0, 0.05) is 0 Å². The minimum absolute atomic E-state index is 0.00916. The molecule has 0 amide bonds. The fourth-order valence-corrected chi connectivity index (χ4v) is 8.45. The van der Waals surface area contributed by atoms with E-state index in [9.17, 15) is 19.4 Å². The van der Waals surface area contributed by atoms with Gasteiger partial charge in [-0.15, -0.1) is 16.3 Å². The van der Waals surface area contributed by atoms with E-state index in [1.165, 1.54) is 21.8 Å². The van der Waals surface area contributed by atoms with Crippen molar-refractivity contribution in [3.05, 3.63) is 29.3 Å². The van der Waals surface area contributed by atoms with Gasteiger partial charge in [0.25, 0.3) is 5.56 Å². The summed E-state index contributed by atoms with van der Waals surface area (Å²) in [5, 5.41) is 8.49. The molecule has 7 N–H and O–H groups in total. The highest BCUT2D eigenvalue weighted by atomic mass is 32.7. The number of halogens is 2. The Hall–Kier alpha value is -2.43. The van der Waals surface area contributed by atoms with Gasteiger partial charge in [-0.1, -0.05) is 0 Å². The number of hydrogen-bond donors (Lipinski definition) is 6. The molecule has 2 fully saturated rings. The Bertz CT molecular complexity index is 1870. The second-order valence-electron chi connectivity index (χ2n) is 9.74. The van der Waals surface area contributed by atoms with Crippen LogP contribution in [0.2, 0.25) is 0 Å². The van der Waals surface area contributed by atoms with Crippen molar-refractivity contribution in [1.82, 2.24) is 39.0 Å². The number of aromatic amines is 1. The number of thiol groups is 1. The summed E-state index contributed by atoms with van der Waals surface area (Å²) in [6, 6.07) is 0. The first-order valence-corrected chi connectivity index (χ1v) is 18.6. The lowest BCUT2D eigenvalue weighted by molar-refractivity contribution is -0.0460. The van der Waals surface area contributed by atoms with Crippen LogP contribution in [0, 0.1) is 0 Å². The molecule has 242 valence electrons. The monoisotopic (exact) mass is 727 g/mol. The maximum absolute atomic E-state index is 15.8. The number of hydrogen-bond acceptors (Lipinski definition) is 16. The van der Waals surface area contributed by atoms with E-state index in [1.807, 2.05) is 0 Å². The predicted molar refractivity (Wildman–Crippen MR) is 162 cm³/mol. The molecular formula is C20H23F2N10O8P2S3+. The number of rotatable bonds is 10. The molecule has 2 aliphatic rings. The third kappa shape index (κ3) is 6.31. The molecule has 10 atom stereocenters. The Morgan fingerprint density at radius 3 is 2.64 bits per heavy atom. The highest BCUT2D eigenvalue weighted by Gasteiger charge is 2.51. The molecule has 18 nitrogen and oxygen atoms in total. The minimum Gasteiger partial charge on any atom is -0.387 e. The summed E-state index contributed by atoms with van der Waals surface area (Å²) < 4.78 is 66.7. The van der Waals surface area contributed by atoms with Gasteiger partial charge in [-0.25, -0.2) is 28.7 Å². The SMILES string of the molecule is Nc1nc2c(ncn2[C@@H]2S[C@H](CO[P+](=O)S)[C@@H](F)[C@H]2OP(O)(=S)OC[C@H]2O[C@@H](n3cnc4c(N)ncnc43)[C@@H](F)[C@@H]2O)c(=O)[nH]1. The molecular weight excluding hydrogens is 704 g/mol. The van der Waals surface area contributed by atoms with E-state index in [1.54, 1.807) is 0 Å². The van der Waals surface area contributed by atoms with Crippen LogP contribution in [-0.2, 0) is 34.7 Å². The summed E-state index contributed by atoms with van der Waals surface area (Å²) in [7, 11) is -2.37. The number of nitrogens with one attached hydrogen (secondary N) is 1. The fourth-order valence-electron chi connectivity index (χ4n) is 4.91. The number of anilines is 2. The molecule has 0 aliphatic carbocycles. The Morgan fingerprint density at radius 1 is 1.16 bits per heavy atom. The smallest absolute Gasteiger partial charge is 0.387 e. The van der Waals surface area contributed by atoms with Crippen LogP contribution in [0.1, 0.15) is 11.6 Å². The zero-order valence-electron chi connectivity index (χ0n) is 22.3. The highest BCUT2D eigenvalue weighted by molar-refractivity contribution is 8.39. The normalized spacial score (nSPS) is 30.3. The number of alkyl halides is 2. The van der Waals surface area contributed by atoms with Crippen molar-refractivity contribution >= 4 is 83.9 Å². The molecule has 0 spiro atoms. The average molecular weight is 728 g/mol. The Labute approximate surface area is 265 Å². The number of fused-ring (bicyclic) bond motifs is 2. The molecule has 2 saturated heterocycles. The van der Waals surface area contributed by atoms with Crippen LogP contribution in [0.25, 0.3) is 22.3 Å². The second-order valence-corrected chi connectivity index (χ2v) is 15.6. The van der Waals surface area contributed by atoms with Crippen molar-refractivity contribution in [2.24, 2.45) is 0 Å². The number of aliphatic hydroxyl groups is 1. The number of aromatic nitrogens is 8. The molecule has 0 bridgehead atoms. The number of H-pyrrole nitrogens is 1. The molecule has 2 unspecified atom stereocenters. The number of imidazole rings is 2. The number of thioether (sulfide) groups is 1. The number of nitrogens with zero attached hydrogens (tertiary/aromatic N) is 7. The van der Waals surface area contributed by atoms with Crippen LogP contribution in [0.4, 0.5) is 20.5 Å². The van der Waals surface area contributed by atoms with Gasteiger partial charge in [0.2, 0.25) is 5.95 Å². The van der Waals surface area contributed by atoms with Crippen LogP contribution < -0.4 is 17.0 Å². The third-order valence-corrected chi connectivity index (χ3v) is 10.7. The first-order chi connectivity index (χ1) is 21.3. The van der Waals surface area contributed by atoms with Crippen LogP contribution in [0.3, 0.4) is 0 Å². The molecule has 0 radical (unpaired) electrons. The molecule has 45 heavy (non-hydrogen) atoms. The van der Waals surface area contributed by atoms with Gasteiger partial charge in [0.05, 0.1) is 24.5 Å². The summed E-state index contributed by atoms with van der Waals surface area (Å²) in [4.78, 5) is 45.6. The standard InChI is InChI=1S/C20H22F2N10O8P2S3/c21-8-7(2-37-41(35)43)45-19(32-5-28-11-16(32)29-20(24)30-17(11)34)13(8)40-42(36,44)38-1-6-12(33)9(22)18(39-6)31-4-27-10-14(23)25-3-26-15(10)31/h3-9,12-13,18-19,33H,1-2H2,(H6-,23,24,25,26,29,30,34,35,36,43,44)/p+1/t6-,7-,8-,9+,12-,13-,18-,19-,42?/m1/s1. The van der Waals surface area contributed by atoms with Crippen molar-refractivity contribution in [2.75, 3.05) is 24.7 Å². The Balaban J connectivity index is 1.20. The molecule has 6 rings (SSSR count). The van der Waals surface area contributed by atoms with Gasteiger partial charge in [0.15, 0.2) is 35.0 Å². The van der Waals surface area contributed by atoms with E-state index in [0.717, 1.165) is 18.1 Å². The van der Waals surface area contributed by atoms with Gasteiger partial charge in [-0.3, -0.25) is 23.4 Å². The van der Waals surface area contributed by atoms with Crippen LogP contribution in [0.15, 0.2) is 23.8 Å². The maximum atomic E-state index is 15.8. The van der Waals surface area contributed by atoms with Crippen molar-refractivity contribution < 1.29 is 41.7 Å². The predicted octanol–water partition coefficient (Wildman–Crippen LogP) is 0.895. The second kappa shape index (κ2) is 12.6. The first kappa shape index (κ1) is 32.5. The quantitative estimate of drug-likeness (QED) is 0.0980. The zero-order chi connectivity index (χ0) is 32.2. The van der Waals surface area contributed by atoms with E-state index < -0.39 is 73.6 Å². The fraction of sp³-hybridized carbons (Fsp3) is 0.500. The van der Waals surface area contributed by atoms with E-state index >= 15 is 8.78 Å². The van der Waals surface area contributed by atoms with E-state index in [0.29, 0.717) is 0 Å². The molecule has 0 aromatic carbocycles. The summed E-state index contributed by atoms with van der Waals surface area (Å²) in [5.41, 5.74) is 11.1. The van der Waals surface area contributed by atoms with Crippen molar-refractivity contribution in [3.63, 3.8) is 0 Å². The van der Waals surface area contributed by atoms with E-state index in [4.69, 9.17) is 41.6 Å². The van der Waals surface area contributed by atoms with E-state index in [2.05, 4.69) is 42.2 Å². The van der Waals surface area contributed by atoms with Crippen LogP contribution in [0.5, 0.6) is 0 Å². The Kier molecular flexibility index (Phi) is 9.13. The van der Waals surface area contributed by atoms with Crippen molar-refractivity contribution in [3.8, 4) is 0 Å². The zero-order valence-corrected chi connectivity index (χ0v) is 26.6. The lowest BCUT2D eigenvalue weighted by atomic mass is 10.1. The van der Waals surface area contributed by atoms with Gasteiger partial charge in [-0.2, -0.15) is 4.98 Å². The molecule has 0 saturated carbocycles. The van der Waals surface area contributed by atoms with Gasteiger partial charge in [0.1, 0.15) is 60.6 Å². The average Bonchev–Trinajstić information content (AvgIpc) is 3.73. The number of nitrogens with two attached hydrogens (primary N) is 2. The highest BCUT2D eigenvalue weighted by Crippen LogP contribution is 2.55. The van der Waals surface area contributed by atoms with Gasteiger partial charge < -0.3 is 30.7 Å². The molecule has 6 heterocycles. The molecule has 25 heteroatoms. The molecule has 2 aliphatic heterocycles. The number of nitrogen functional groups attached to an aromatic ring is 2. The van der Waals surface area contributed by atoms with E-state index in [-0.39, 0.29) is 40.7 Å². The molecule has 4 aromatic rings. The lowest BCUT2D eigenvalue weighted by Crippen LogP contribution is -2.33. The lowest BCUT2D eigenvalue weighted by Gasteiger charge is -2.27. The minimum atomic E-state index is -4.34. The van der Waals surface area contributed by atoms with Crippen LogP contribution in [-0.4, -0.2) is 98.2 Å². The van der Waals surface area contributed by atoms with Gasteiger partial charge in [-0.05, 0) is 16.4 Å².